The summed E-state index contributed by atoms with van der Waals surface area (Å²) in [6, 6.07) is 3.80. The molecule has 2 aromatic rings. The van der Waals surface area contributed by atoms with Crippen LogP contribution in [-0.4, -0.2) is 59.5 Å². The standard InChI is InChI=1S/C21H30N4O3S/c1-14-11-15(2)21(16(3)12-14)29(27,28)25-9-7-24(8-10-25)20(26)13-19-17(4)22-23(6)18(19)5/h11-12H,7-10,13H2,1-6H3. The Morgan fingerprint density at radius 2 is 1.55 bits per heavy atom. The molecule has 0 saturated carbocycles. The van der Waals surface area contributed by atoms with E-state index in [-0.39, 0.29) is 5.91 Å². The first kappa shape index (κ1) is 21.5. The summed E-state index contributed by atoms with van der Waals surface area (Å²) in [4.78, 5) is 14.9. The maximum Gasteiger partial charge on any atom is 0.243 e. The lowest BCUT2D eigenvalue weighted by Crippen LogP contribution is -2.51. The van der Waals surface area contributed by atoms with Gasteiger partial charge in [0.15, 0.2) is 0 Å². The Balaban J connectivity index is 1.71. The van der Waals surface area contributed by atoms with Gasteiger partial charge in [-0.05, 0) is 45.7 Å². The number of aromatic nitrogens is 2. The van der Waals surface area contributed by atoms with E-state index in [4.69, 9.17) is 0 Å². The average molecular weight is 419 g/mol. The zero-order valence-corrected chi connectivity index (χ0v) is 18.9. The third-order valence-corrected chi connectivity index (χ3v) is 7.99. The summed E-state index contributed by atoms with van der Waals surface area (Å²) < 4.78 is 29.7. The van der Waals surface area contributed by atoms with Crippen LogP contribution in [0.2, 0.25) is 0 Å². The molecule has 29 heavy (non-hydrogen) atoms. The van der Waals surface area contributed by atoms with Crippen LogP contribution >= 0.6 is 0 Å². The van der Waals surface area contributed by atoms with Gasteiger partial charge in [-0.3, -0.25) is 9.48 Å². The summed E-state index contributed by atoms with van der Waals surface area (Å²) in [7, 11) is -1.71. The molecule has 0 aliphatic carbocycles. The third kappa shape index (κ3) is 4.09. The first-order chi connectivity index (χ1) is 13.5. The van der Waals surface area contributed by atoms with Crippen LogP contribution in [0.4, 0.5) is 0 Å². The van der Waals surface area contributed by atoms with Gasteiger partial charge in [-0.2, -0.15) is 9.40 Å². The summed E-state index contributed by atoms with van der Waals surface area (Å²) in [6.07, 6.45) is 0.300. The SMILES string of the molecule is Cc1cc(C)c(S(=O)(=O)N2CCN(C(=O)Cc3c(C)nn(C)c3C)CC2)c(C)c1. The van der Waals surface area contributed by atoms with Gasteiger partial charge in [-0.15, -0.1) is 0 Å². The van der Waals surface area contributed by atoms with Crippen LogP contribution in [0, 0.1) is 34.6 Å². The predicted molar refractivity (Wildman–Crippen MR) is 112 cm³/mol. The predicted octanol–water partition coefficient (Wildman–Crippen LogP) is 2.04. The number of rotatable bonds is 4. The Labute approximate surface area is 173 Å². The smallest absolute Gasteiger partial charge is 0.243 e. The van der Waals surface area contributed by atoms with E-state index in [2.05, 4.69) is 5.10 Å². The molecule has 158 valence electrons. The normalized spacial score (nSPS) is 15.7. The van der Waals surface area contributed by atoms with Gasteiger partial charge < -0.3 is 4.90 Å². The summed E-state index contributed by atoms with van der Waals surface area (Å²) in [5.74, 6) is 0.0175. The maximum atomic E-state index is 13.2. The van der Waals surface area contributed by atoms with Gasteiger partial charge in [0.1, 0.15) is 0 Å². The van der Waals surface area contributed by atoms with Crippen molar-refractivity contribution in [3.05, 3.63) is 45.8 Å². The molecule has 0 atom stereocenters. The molecule has 1 aliphatic rings. The van der Waals surface area contributed by atoms with Crippen molar-refractivity contribution in [2.45, 2.75) is 45.9 Å². The van der Waals surface area contributed by atoms with Gasteiger partial charge in [0.2, 0.25) is 15.9 Å². The van der Waals surface area contributed by atoms with Crippen molar-refractivity contribution in [1.82, 2.24) is 19.0 Å². The van der Waals surface area contributed by atoms with E-state index >= 15 is 0 Å². The van der Waals surface area contributed by atoms with Crippen LogP contribution in [0.3, 0.4) is 0 Å². The van der Waals surface area contributed by atoms with E-state index in [1.54, 1.807) is 9.58 Å². The molecular weight excluding hydrogens is 388 g/mol. The quantitative estimate of drug-likeness (QED) is 0.761. The van der Waals surface area contributed by atoms with E-state index < -0.39 is 10.0 Å². The third-order valence-electron chi connectivity index (χ3n) is 5.78. The highest BCUT2D eigenvalue weighted by molar-refractivity contribution is 7.89. The van der Waals surface area contributed by atoms with Crippen molar-refractivity contribution in [1.29, 1.82) is 0 Å². The van der Waals surface area contributed by atoms with Gasteiger partial charge in [0.05, 0.1) is 17.0 Å². The first-order valence-electron chi connectivity index (χ1n) is 9.87. The highest BCUT2D eigenvalue weighted by Gasteiger charge is 2.32. The summed E-state index contributed by atoms with van der Waals surface area (Å²) >= 11 is 0. The maximum absolute atomic E-state index is 13.2. The average Bonchev–Trinajstić information content (AvgIpc) is 2.86. The fraction of sp³-hybridized carbons (Fsp3) is 0.524. The van der Waals surface area contributed by atoms with Crippen LogP contribution in [0.5, 0.6) is 0 Å². The zero-order valence-electron chi connectivity index (χ0n) is 18.1. The number of piperazine rings is 1. The van der Waals surface area contributed by atoms with Crippen molar-refractivity contribution >= 4 is 15.9 Å². The van der Waals surface area contributed by atoms with Gasteiger partial charge in [0, 0.05) is 44.5 Å². The minimum atomic E-state index is -3.58. The monoisotopic (exact) mass is 418 g/mol. The highest BCUT2D eigenvalue weighted by Crippen LogP contribution is 2.26. The molecule has 1 saturated heterocycles. The van der Waals surface area contributed by atoms with Crippen molar-refractivity contribution in [3.8, 4) is 0 Å². The number of carbonyl (C=O) groups excluding carboxylic acids is 1. The van der Waals surface area contributed by atoms with E-state index in [1.165, 1.54) is 4.31 Å². The van der Waals surface area contributed by atoms with Gasteiger partial charge >= 0.3 is 0 Å². The molecule has 0 spiro atoms. The second kappa shape index (κ2) is 7.91. The van der Waals surface area contributed by atoms with Crippen LogP contribution in [-0.2, 0) is 28.3 Å². The lowest BCUT2D eigenvalue weighted by atomic mass is 10.1. The fourth-order valence-electron chi connectivity index (χ4n) is 4.22. The number of carbonyl (C=O) groups is 1. The van der Waals surface area contributed by atoms with Crippen molar-refractivity contribution < 1.29 is 13.2 Å². The number of sulfonamides is 1. The Morgan fingerprint density at radius 1 is 1.00 bits per heavy atom. The van der Waals surface area contributed by atoms with Crippen LogP contribution in [0.15, 0.2) is 17.0 Å². The number of benzene rings is 1. The molecule has 1 aromatic heterocycles. The molecule has 3 rings (SSSR count). The second-order valence-corrected chi connectivity index (χ2v) is 9.84. The minimum absolute atomic E-state index is 0.0175. The summed E-state index contributed by atoms with van der Waals surface area (Å²) in [5, 5.41) is 4.37. The van der Waals surface area contributed by atoms with Gasteiger partial charge in [-0.1, -0.05) is 17.7 Å². The number of aryl methyl sites for hydroxylation is 5. The lowest BCUT2D eigenvalue weighted by Gasteiger charge is -2.34. The second-order valence-electron chi connectivity index (χ2n) is 7.96. The zero-order chi connectivity index (χ0) is 21.5. The number of hydrogen-bond acceptors (Lipinski definition) is 4. The Kier molecular flexibility index (Phi) is 5.87. The van der Waals surface area contributed by atoms with Crippen molar-refractivity contribution in [2.75, 3.05) is 26.2 Å². The van der Waals surface area contributed by atoms with Crippen LogP contribution in [0.25, 0.3) is 0 Å². The van der Waals surface area contributed by atoms with Crippen LogP contribution in [0.1, 0.15) is 33.6 Å². The van der Waals surface area contributed by atoms with E-state index in [0.29, 0.717) is 37.5 Å². The van der Waals surface area contributed by atoms with Crippen LogP contribution < -0.4 is 0 Å². The number of nitrogens with zero attached hydrogens (tertiary/aromatic N) is 4. The van der Waals surface area contributed by atoms with E-state index in [1.807, 2.05) is 53.8 Å². The first-order valence-corrected chi connectivity index (χ1v) is 11.3. The highest BCUT2D eigenvalue weighted by atomic mass is 32.2. The lowest BCUT2D eigenvalue weighted by molar-refractivity contribution is -0.131. The molecule has 1 aromatic carbocycles. The van der Waals surface area contributed by atoms with Gasteiger partial charge in [-0.25, -0.2) is 8.42 Å². The van der Waals surface area contributed by atoms with Crippen molar-refractivity contribution in [2.24, 2.45) is 7.05 Å². The molecule has 1 aliphatic heterocycles. The molecule has 1 fully saturated rings. The fourth-order valence-corrected chi connectivity index (χ4v) is 6.05. The summed E-state index contributed by atoms with van der Waals surface area (Å²) in [6.45, 7) is 10.9. The molecule has 0 unspecified atom stereocenters. The number of amides is 1. The Morgan fingerprint density at radius 3 is 2.03 bits per heavy atom. The molecular formula is C21H30N4O3S. The molecule has 8 heteroatoms. The van der Waals surface area contributed by atoms with E-state index in [9.17, 15) is 13.2 Å². The minimum Gasteiger partial charge on any atom is -0.340 e. The molecule has 2 heterocycles. The molecule has 0 bridgehead atoms. The summed E-state index contributed by atoms with van der Waals surface area (Å²) in [5.41, 5.74) is 5.40. The largest absolute Gasteiger partial charge is 0.340 e. The van der Waals surface area contributed by atoms with Crippen molar-refractivity contribution in [3.63, 3.8) is 0 Å². The molecule has 7 nitrogen and oxygen atoms in total. The topological polar surface area (TPSA) is 75.5 Å². The molecule has 0 radical (unpaired) electrons. The Hall–Kier alpha value is -2.19. The molecule has 0 N–H and O–H groups in total. The molecule has 1 amide bonds. The van der Waals surface area contributed by atoms with Gasteiger partial charge in [0.25, 0.3) is 0 Å². The van der Waals surface area contributed by atoms with E-state index in [0.717, 1.165) is 33.6 Å². The Bertz CT molecular complexity index is 1030. The number of hydrogen-bond donors (Lipinski definition) is 0.